The molecule has 1 aromatic rings. The van der Waals surface area contributed by atoms with Crippen molar-refractivity contribution in [1.29, 1.82) is 0 Å². The zero-order valence-corrected chi connectivity index (χ0v) is 11.8. The van der Waals surface area contributed by atoms with Gasteiger partial charge in [0.1, 0.15) is 5.69 Å². The highest BCUT2D eigenvalue weighted by atomic mass is 19.4. The number of alkyl halides is 3. The maximum Gasteiger partial charge on any atom is 0.433 e. The van der Waals surface area contributed by atoms with Gasteiger partial charge in [0.05, 0.1) is 12.2 Å². The number of aromatic nitrogens is 1. The van der Waals surface area contributed by atoms with Crippen molar-refractivity contribution in [3.63, 3.8) is 0 Å². The number of amidine groups is 1. The van der Waals surface area contributed by atoms with Crippen LogP contribution < -0.4 is 10.5 Å². The van der Waals surface area contributed by atoms with E-state index in [0.29, 0.717) is 12.3 Å². The summed E-state index contributed by atoms with van der Waals surface area (Å²) in [5.74, 6) is -0.175. The highest BCUT2D eigenvalue weighted by molar-refractivity contribution is 5.99. The fourth-order valence-corrected chi connectivity index (χ4v) is 1.62. The Kier molecular flexibility index (Phi) is 5.80. The number of rotatable bonds is 6. The predicted octanol–water partition coefficient (Wildman–Crippen LogP) is 3.01. The smallest absolute Gasteiger partial charge is 0.433 e. The fraction of sp³-hybridized carbons (Fsp3) is 0.538. The van der Waals surface area contributed by atoms with Crippen LogP contribution in [0.25, 0.3) is 0 Å². The second-order valence-corrected chi connectivity index (χ2v) is 4.92. The topological polar surface area (TPSA) is 80.7 Å². The molecule has 0 atom stereocenters. The van der Waals surface area contributed by atoms with E-state index in [1.54, 1.807) is 0 Å². The summed E-state index contributed by atoms with van der Waals surface area (Å²) in [4.78, 5) is 3.41. The molecule has 0 aromatic carbocycles. The minimum absolute atomic E-state index is 0.0232. The number of pyridine rings is 1. The molecule has 0 fully saturated rings. The number of hydrogen-bond donors (Lipinski definition) is 2. The van der Waals surface area contributed by atoms with Gasteiger partial charge in [-0.2, -0.15) is 13.2 Å². The molecule has 0 unspecified atom stereocenters. The first-order valence-electron chi connectivity index (χ1n) is 6.44. The van der Waals surface area contributed by atoms with Crippen LogP contribution in [0.2, 0.25) is 0 Å². The molecule has 5 nitrogen and oxygen atoms in total. The van der Waals surface area contributed by atoms with E-state index >= 15 is 0 Å². The number of ether oxygens (including phenoxy) is 1. The molecule has 1 rings (SSSR count). The number of hydrogen-bond acceptors (Lipinski definition) is 4. The molecule has 0 aliphatic carbocycles. The summed E-state index contributed by atoms with van der Waals surface area (Å²) < 4.78 is 43.2. The Labute approximate surface area is 120 Å². The zero-order chi connectivity index (χ0) is 16.0. The molecule has 0 spiro atoms. The molecule has 3 N–H and O–H groups in total. The molecule has 0 aliphatic heterocycles. The SMILES string of the molecule is CC(C)CCCOc1nc(C(F)(F)F)ccc1C(N)=NO. The Bertz CT molecular complexity index is 502. The quantitative estimate of drug-likeness (QED) is 0.278. The second-order valence-electron chi connectivity index (χ2n) is 4.92. The van der Waals surface area contributed by atoms with E-state index in [1.165, 1.54) is 0 Å². The van der Waals surface area contributed by atoms with Gasteiger partial charge in [0, 0.05) is 0 Å². The van der Waals surface area contributed by atoms with Gasteiger partial charge >= 0.3 is 6.18 Å². The zero-order valence-electron chi connectivity index (χ0n) is 11.8. The summed E-state index contributed by atoms with van der Waals surface area (Å²) in [5.41, 5.74) is 4.34. The van der Waals surface area contributed by atoms with E-state index in [9.17, 15) is 13.2 Å². The fourth-order valence-electron chi connectivity index (χ4n) is 1.62. The highest BCUT2D eigenvalue weighted by Crippen LogP contribution is 2.30. The van der Waals surface area contributed by atoms with Gasteiger partial charge in [0.15, 0.2) is 5.84 Å². The molecule has 8 heteroatoms. The van der Waals surface area contributed by atoms with E-state index < -0.39 is 11.9 Å². The van der Waals surface area contributed by atoms with Crippen LogP contribution in [0.4, 0.5) is 13.2 Å². The van der Waals surface area contributed by atoms with E-state index in [0.717, 1.165) is 18.6 Å². The van der Waals surface area contributed by atoms with Crippen LogP contribution in [0.1, 0.15) is 37.9 Å². The van der Waals surface area contributed by atoms with Crippen LogP contribution in [-0.4, -0.2) is 22.6 Å². The van der Waals surface area contributed by atoms with Crippen molar-refractivity contribution < 1.29 is 23.1 Å². The van der Waals surface area contributed by atoms with E-state index in [1.807, 2.05) is 13.8 Å². The van der Waals surface area contributed by atoms with Gasteiger partial charge in [0.2, 0.25) is 5.88 Å². The van der Waals surface area contributed by atoms with Crippen LogP contribution in [0.5, 0.6) is 5.88 Å². The van der Waals surface area contributed by atoms with Gasteiger partial charge < -0.3 is 15.7 Å². The summed E-state index contributed by atoms with van der Waals surface area (Å²) in [7, 11) is 0. The first kappa shape index (κ1) is 17.1. The third kappa shape index (κ3) is 5.13. The Morgan fingerprint density at radius 3 is 2.62 bits per heavy atom. The number of halogens is 3. The summed E-state index contributed by atoms with van der Waals surface area (Å²) >= 11 is 0. The lowest BCUT2D eigenvalue weighted by Gasteiger charge is -2.13. The first-order valence-corrected chi connectivity index (χ1v) is 6.44. The van der Waals surface area contributed by atoms with Gasteiger partial charge in [-0.3, -0.25) is 0 Å². The van der Waals surface area contributed by atoms with Crippen LogP contribution in [0.3, 0.4) is 0 Å². The van der Waals surface area contributed by atoms with Gasteiger partial charge in [-0.15, -0.1) is 0 Å². The first-order chi connectivity index (χ1) is 9.75. The Balaban J connectivity index is 2.95. The Hall–Kier alpha value is -1.99. The van der Waals surface area contributed by atoms with Crippen molar-refractivity contribution in [1.82, 2.24) is 4.98 Å². The molecule has 0 radical (unpaired) electrons. The largest absolute Gasteiger partial charge is 0.477 e. The molecule has 21 heavy (non-hydrogen) atoms. The highest BCUT2D eigenvalue weighted by Gasteiger charge is 2.33. The summed E-state index contributed by atoms with van der Waals surface area (Å²) in [6.07, 6.45) is -3.04. The van der Waals surface area contributed by atoms with E-state index in [4.69, 9.17) is 15.7 Å². The van der Waals surface area contributed by atoms with Gasteiger partial charge in [-0.25, -0.2) is 4.98 Å². The molecule has 0 bridgehead atoms. The molecule has 1 aromatic heterocycles. The maximum absolute atomic E-state index is 12.6. The van der Waals surface area contributed by atoms with Crippen molar-refractivity contribution in [3.05, 3.63) is 23.4 Å². The molecule has 118 valence electrons. The third-order valence-corrected chi connectivity index (χ3v) is 2.70. The van der Waals surface area contributed by atoms with E-state index in [-0.39, 0.29) is 23.9 Å². The van der Waals surface area contributed by atoms with Crippen LogP contribution in [0.15, 0.2) is 17.3 Å². The average molecular weight is 305 g/mol. The van der Waals surface area contributed by atoms with Crippen LogP contribution in [0, 0.1) is 5.92 Å². The lowest BCUT2D eigenvalue weighted by Crippen LogP contribution is -2.18. The molecule has 1 heterocycles. The van der Waals surface area contributed by atoms with Crippen molar-refractivity contribution in [2.24, 2.45) is 16.8 Å². The average Bonchev–Trinajstić information content (AvgIpc) is 2.41. The van der Waals surface area contributed by atoms with Crippen molar-refractivity contribution in [3.8, 4) is 5.88 Å². The Morgan fingerprint density at radius 1 is 1.43 bits per heavy atom. The number of oxime groups is 1. The molecule has 0 saturated carbocycles. The lowest BCUT2D eigenvalue weighted by molar-refractivity contribution is -0.141. The predicted molar refractivity (Wildman–Crippen MR) is 71.3 cm³/mol. The maximum atomic E-state index is 12.6. The van der Waals surface area contributed by atoms with Crippen molar-refractivity contribution in [2.45, 2.75) is 32.9 Å². The minimum Gasteiger partial charge on any atom is -0.477 e. The standard InChI is InChI=1S/C13H18F3N3O2/c1-8(2)4-3-7-21-12-9(11(17)19-20)5-6-10(18-12)13(14,15)16/h5-6,8,20H,3-4,7H2,1-2H3,(H2,17,19). The van der Waals surface area contributed by atoms with E-state index in [2.05, 4.69) is 10.1 Å². The van der Waals surface area contributed by atoms with Crippen LogP contribution >= 0.6 is 0 Å². The molecule has 0 saturated heterocycles. The minimum atomic E-state index is -4.58. The van der Waals surface area contributed by atoms with Crippen molar-refractivity contribution >= 4 is 5.84 Å². The third-order valence-electron chi connectivity index (χ3n) is 2.70. The van der Waals surface area contributed by atoms with Gasteiger partial charge in [0.25, 0.3) is 0 Å². The summed E-state index contributed by atoms with van der Waals surface area (Å²) in [6, 6.07) is 1.83. The molecular weight excluding hydrogens is 287 g/mol. The monoisotopic (exact) mass is 305 g/mol. The van der Waals surface area contributed by atoms with Gasteiger partial charge in [-0.05, 0) is 30.9 Å². The number of nitrogens with zero attached hydrogens (tertiary/aromatic N) is 2. The Morgan fingerprint density at radius 2 is 2.10 bits per heavy atom. The molecule has 0 aliphatic rings. The number of nitrogens with two attached hydrogens (primary N) is 1. The lowest BCUT2D eigenvalue weighted by atomic mass is 10.1. The van der Waals surface area contributed by atoms with Gasteiger partial charge in [-0.1, -0.05) is 19.0 Å². The normalized spacial score (nSPS) is 12.8. The van der Waals surface area contributed by atoms with Crippen LogP contribution in [-0.2, 0) is 6.18 Å². The summed E-state index contributed by atoms with van der Waals surface area (Å²) in [5, 5.41) is 11.4. The second kappa shape index (κ2) is 7.14. The molecule has 0 amide bonds. The van der Waals surface area contributed by atoms with Crippen molar-refractivity contribution in [2.75, 3.05) is 6.61 Å². The summed E-state index contributed by atoms with van der Waals surface area (Å²) in [6.45, 7) is 4.27. The molecular formula is C13H18F3N3O2.